The van der Waals surface area contributed by atoms with Gasteiger partial charge < -0.3 is 14.8 Å². The fourth-order valence-corrected chi connectivity index (χ4v) is 3.61. The molecule has 4 rings (SSSR count). The topological polar surface area (TPSA) is 60.5 Å². The minimum Gasteiger partial charge on any atom is -0.490 e. The molecule has 2 aromatic carbocycles. The van der Waals surface area contributed by atoms with E-state index < -0.39 is 0 Å². The van der Waals surface area contributed by atoms with Gasteiger partial charge in [0.1, 0.15) is 0 Å². The van der Waals surface area contributed by atoms with E-state index in [-0.39, 0.29) is 11.7 Å². The fourth-order valence-electron chi connectivity index (χ4n) is 2.73. The van der Waals surface area contributed by atoms with Gasteiger partial charge in [0, 0.05) is 23.9 Å². The summed E-state index contributed by atoms with van der Waals surface area (Å²) in [6.45, 7) is 1.16. The number of carbonyl (C=O) groups excluding carboxylic acids is 1. The van der Waals surface area contributed by atoms with Crippen molar-refractivity contribution >= 4 is 45.9 Å². The van der Waals surface area contributed by atoms with Gasteiger partial charge in [0.2, 0.25) is 5.91 Å². The number of nitrogens with one attached hydrogen (secondary N) is 1. The summed E-state index contributed by atoms with van der Waals surface area (Å²) >= 11 is 7.65. The molecule has 138 valence electrons. The van der Waals surface area contributed by atoms with Gasteiger partial charge in [0.25, 0.3) is 0 Å². The zero-order chi connectivity index (χ0) is 18.6. The summed E-state index contributed by atoms with van der Waals surface area (Å²) in [5, 5.41) is 5.13. The van der Waals surface area contributed by atoms with E-state index in [1.54, 1.807) is 12.1 Å². The third kappa shape index (κ3) is 4.28. The fraction of sp³-hybridized carbons (Fsp3) is 0.200. The van der Waals surface area contributed by atoms with Crippen molar-refractivity contribution in [3.8, 4) is 11.5 Å². The molecule has 0 bridgehead atoms. The highest BCUT2D eigenvalue weighted by atomic mass is 35.5. The number of pyridine rings is 1. The molecule has 2 heterocycles. The largest absolute Gasteiger partial charge is 0.490 e. The van der Waals surface area contributed by atoms with Crippen molar-refractivity contribution in [1.82, 2.24) is 4.98 Å². The summed E-state index contributed by atoms with van der Waals surface area (Å²) in [6.07, 6.45) is 0.809. The molecule has 1 amide bonds. The molecule has 0 unspecified atom stereocenters. The molecule has 1 N–H and O–H groups in total. The highest BCUT2D eigenvalue weighted by molar-refractivity contribution is 7.99. The highest BCUT2D eigenvalue weighted by Crippen LogP contribution is 2.37. The number of rotatable bonds is 4. The van der Waals surface area contributed by atoms with Crippen LogP contribution in [0.2, 0.25) is 5.02 Å². The predicted octanol–water partition coefficient (Wildman–Crippen LogP) is 4.78. The van der Waals surface area contributed by atoms with E-state index in [4.69, 9.17) is 21.1 Å². The van der Waals surface area contributed by atoms with Crippen LogP contribution in [0, 0.1) is 0 Å². The summed E-state index contributed by atoms with van der Waals surface area (Å²) < 4.78 is 11.2. The van der Waals surface area contributed by atoms with Crippen LogP contribution < -0.4 is 14.8 Å². The van der Waals surface area contributed by atoms with Crippen molar-refractivity contribution in [1.29, 1.82) is 0 Å². The zero-order valence-corrected chi connectivity index (χ0v) is 16.0. The number of halogens is 1. The molecule has 7 heteroatoms. The molecule has 0 radical (unpaired) electrons. The van der Waals surface area contributed by atoms with Crippen LogP contribution in [0.25, 0.3) is 10.9 Å². The SMILES string of the molecule is O=C(CSc1ccc2ccccc2n1)Nc1cc2c(cc1Cl)OCCCO2. The number of hydrogen-bond acceptors (Lipinski definition) is 5. The second-order valence-electron chi connectivity index (χ2n) is 6.01. The lowest BCUT2D eigenvalue weighted by molar-refractivity contribution is -0.113. The molecule has 1 aromatic heterocycles. The van der Waals surface area contributed by atoms with E-state index in [9.17, 15) is 4.79 Å². The first-order valence-electron chi connectivity index (χ1n) is 8.57. The van der Waals surface area contributed by atoms with Crippen molar-refractivity contribution in [2.24, 2.45) is 0 Å². The number of anilines is 1. The Morgan fingerprint density at radius 2 is 1.89 bits per heavy atom. The molecule has 3 aromatic rings. The molecular formula is C20H17ClN2O3S. The number of ether oxygens (including phenoxy) is 2. The predicted molar refractivity (Wildman–Crippen MR) is 108 cm³/mol. The highest BCUT2D eigenvalue weighted by Gasteiger charge is 2.16. The maximum absolute atomic E-state index is 12.3. The van der Waals surface area contributed by atoms with Gasteiger partial charge in [-0.05, 0) is 12.1 Å². The van der Waals surface area contributed by atoms with Gasteiger partial charge in [0.15, 0.2) is 11.5 Å². The van der Waals surface area contributed by atoms with Crippen molar-refractivity contribution < 1.29 is 14.3 Å². The Morgan fingerprint density at radius 3 is 2.74 bits per heavy atom. The molecule has 0 aliphatic carbocycles. The molecular weight excluding hydrogens is 384 g/mol. The van der Waals surface area contributed by atoms with E-state index >= 15 is 0 Å². The van der Waals surface area contributed by atoms with Crippen molar-refractivity contribution in [3.05, 3.63) is 53.6 Å². The van der Waals surface area contributed by atoms with Crippen LogP contribution in [-0.2, 0) is 4.79 Å². The maximum Gasteiger partial charge on any atom is 0.234 e. The average molecular weight is 401 g/mol. The quantitative estimate of drug-likeness (QED) is 0.638. The standard InChI is InChI=1S/C20H17ClN2O3S/c21-14-10-17-18(26-9-3-8-25-17)11-16(14)22-19(24)12-27-20-7-6-13-4-1-2-5-15(13)23-20/h1-2,4-7,10-11H,3,8-9,12H2,(H,22,24). The minimum atomic E-state index is -0.161. The smallest absolute Gasteiger partial charge is 0.234 e. The molecule has 27 heavy (non-hydrogen) atoms. The Morgan fingerprint density at radius 1 is 1.11 bits per heavy atom. The summed E-state index contributed by atoms with van der Waals surface area (Å²) in [5.41, 5.74) is 1.42. The van der Waals surface area contributed by atoms with Gasteiger partial charge in [0.05, 0.1) is 40.2 Å². The van der Waals surface area contributed by atoms with Gasteiger partial charge in [-0.1, -0.05) is 47.6 Å². The van der Waals surface area contributed by atoms with Crippen LogP contribution in [0.4, 0.5) is 5.69 Å². The number of hydrogen-bond donors (Lipinski definition) is 1. The van der Waals surface area contributed by atoms with Crippen LogP contribution in [0.1, 0.15) is 6.42 Å². The second-order valence-corrected chi connectivity index (χ2v) is 7.41. The number of fused-ring (bicyclic) bond motifs is 2. The van der Waals surface area contributed by atoms with Gasteiger partial charge in [-0.3, -0.25) is 4.79 Å². The van der Waals surface area contributed by atoms with Crippen LogP contribution in [0.3, 0.4) is 0 Å². The van der Waals surface area contributed by atoms with E-state index in [1.807, 2.05) is 36.4 Å². The van der Waals surface area contributed by atoms with Gasteiger partial charge in [-0.2, -0.15) is 0 Å². The maximum atomic E-state index is 12.3. The van der Waals surface area contributed by atoms with E-state index in [0.29, 0.717) is 35.4 Å². The number of aromatic nitrogens is 1. The molecule has 0 saturated heterocycles. The van der Waals surface area contributed by atoms with Crippen molar-refractivity contribution in [3.63, 3.8) is 0 Å². The third-order valence-corrected chi connectivity index (χ3v) is 5.28. The molecule has 1 aliphatic rings. The van der Waals surface area contributed by atoms with Crippen LogP contribution in [0.15, 0.2) is 53.6 Å². The van der Waals surface area contributed by atoms with Crippen LogP contribution >= 0.6 is 23.4 Å². The lowest BCUT2D eigenvalue weighted by Crippen LogP contribution is -2.14. The summed E-state index contributed by atoms with van der Waals surface area (Å²) in [7, 11) is 0. The summed E-state index contributed by atoms with van der Waals surface area (Å²) in [6, 6.07) is 15.2. The Hall–Kier alpha value is -2.44. The van der Waals surface area contributed by atoms with E-state index in [2.05, 4.69) is 10.3 Å². The molecule has 0 atom stereocenters. The van der Waals surface area contributed by atoms with Gasteiger partial charge >= 0.3 is 0 Å². The second kappa shape index (κ2) is 8.06. The number of thioether (sulfide) groups is 1. The van der Waals surface area contributed by atoms with E-state index in [0.717, 1.165) is 22.3 Å². The Labute approximate surface area is 166 Å². The molecule has 1 aliphatic heterocycles. The first-order chi connectivity index (χ1) is 13.2. The van der Waals surface area contributed by atoms with Crippen LogP contribution in [-0.4, -0.2) is 29.9 Å². The average Bonchev–Trinajstić information content (AvgIpc) is 2.91. The number of amides is 1. The lowest BCUT2D eigenvalue weighted by atomic mass is 10.2. The summed E-state index contributed by atoms with van der Waals surface area (Å²) in [5.74, 6) is 1.27. The molecule has 0 spiro atoms. The van der Waals surface area contributed by atoms with Crippen molar-refractivity contribution in [2.45, 2.75) is 11.4 Å². The van der Waals surface area contributed by atoms with Gasteiger partial charge in [-0.15, -0.1) is 0 Å². The first-order valence-corrected chi connectivity index (χ1v) is 9.93. The minimum absolute atomic E-state index is 0.161. The van der Waals surface area contributed by atoms with Crippen molar-refractivity contribution in [2.75, 3.05) is 24.3 Å². The lowest BCUT2D eigenvalue weighted by Gasteiger charge is -2.12. The number of carbonyl (C=O) groups is 1. The third-order valence-electron chi connectivity index (χ3n) is 4.04. The zero-order valence-electron chi connectivity index (χ0n) is 14.4. The summed E-state index contributed by atoms with van der Waals surface area (Å²) in [4.78, 5) is 16.9. The number of para-hydroxylation sites is 1. The normalized spacial score (nSPS) is 13.2. The monoisotopic (exact) mass is 400 g/mol. The Bertz CT molecular complexity index is 996. The van der Waals surface area contributed by atoms with Crippen LogP contribution in [0.5, 0.6) is 11.5 Å². The molecule has 0 fully saturated rings. The Kier molecular flexibility index (Phi) is 5.36. The van der Waals surface area contributed by atoms with E-state index in [1.165, 1.54) is 11.8 Å². The number of nitrogens with zero attached hydrogens (tertiary/aromatic N) is 1. The molecule has 0 saturated carbocycles. The number of benzene rings is 2. The molecule has 5 nitrogen and oxygen atoms in total. The Balaban J connectivity index is 1.42. The first kappa shape index (κ1) is 17.9. The van der Waals surface area contributed by atoms with Gasteiger partial charge in [-0.25, -0.2) is 4.98 Å².